The monoisotopic (exact) mass is 311 g/mol. The van der Waals surface area contributed by atoms with Crippen LogP contribution in [0.15, 0.2) is 22.9 Å². The molecule has 8 heteroatoms. The van der Waals surface area contributed by atoms with Gasteiger partial charge >= 0.3 is 29.6 Å². The van der Waals surface area contributed by atoms with E-state index in [2.05, 4.69) is 9.55 Å². The van der Waals surface area contributed by atoms with Gasteiger partial charge in [0, 0.05) is 19.2 Å². The van der Waals surface area contributed by atoms with Crippen LogP contribution in [-0.2, 0) is 22.6 Å². The zero-order valence-electron chi connectivity index (χ0n) is 11.4. The quantitative estimate of drug-likeness (QED) is 0.325. The minimum Gasteiger partial charge on any atom is -0.543 e. The summed E-state index contributed by atoms with van der Waals surface area (Å²) in [5.74, 6) is -0.537. The number of aliphatic carboxylic acids is 1. The molecule has 1 fully saturated rings. The number of aryl methyl sites for hydroxylation is 2. The molecular weight excluding hydrogens is 301 g/mol. The molecule has 1 amide bonds. The first kappa shape index (κ1) is 14.9. The topological polar surface area (TPSA) is 78.3 Å². The number of carboxylic acid groups (broad SMARTS) is 1. The second kappa shape index (κ2) is 5.31. The van der Waals surface area contributed by atoms with E-state index in [1.165, 1.54) is 22.1 Å². The minimum absolute atomic E-state index is 0. The molecule has 0 bridgehead atoms. The Kier molecular flexibility index (Phi) is 3.77. The first-order valence-electron chi connectivity index (χ1n) is 6.33. The number of carboxylic acids is 1. The van der Waals surface area contributed by atoms with Crippen molar-refractivity contribution in [1.82, 2.24) is 14.5 Å². The third-order valence-electron chi connectivity index (χ3n) is 3.72. The van der Waals surface area contributed by atoms with E-state index in [0.29, 0.717) is 5.57 Å². The van der Waals surface area contributed by atoms with Crippen molar-refractivity contribution in [2.24, 2.45) is 0 Å². The van der Waals surface area contributed by atoms with Gasteiger partial charge in [0.1, 0.15) is 11.2 Å². The maximum absolute atomic E-state index is 12.0. The maximum atomic E-state index is 12.0. The Hall–Kier alpha value is -1.02. The molecule has 4 rings (SSSR count). The van der Waals surface area contributed by atoms with Gasteiger partial charge < -0.3 is 14.5 Å². The molecule has 0 saturated carbocycles. The number of rotatable bonds is 2. The molecule has 0 aliphatic carbocycles. The third kappa shape index (κ3) is 2.19. The van der Waals surface area contributed by atoms with Crippen LogP contribution in [0.2, 0.25) is 0 Å². The Balaban J connectivity index is 0.00000132. The van der Waals surface area contributed by atoms with Crippen LogP contribution in [-0.4, -0.2) is 31.7 Å². The van der Waals surface area contributed by atoms with E-state index in [4.69, 9.17) is 0 Å². The van der Waals surface area contributed by atoms with Gasteiger partial charge in [-0.15, -0.1) is 11.8 Å². The normalized spacial score (nSPS) is 24.3. The number of hydrogen-bond acceptors (Lipinski definition) is 5. The first-order valence-corrected chi connectivity index (χ1v) is 7.27. The van der Waals surface area contributed by atoms with E-state index in [1.54, 1.807) is 6.08 Å². The molecular formula is C13H10N3NaO3S. The fourth-order valence-corrected chi connectivity index (χ4v) is 3.88. The van der Waals surface area contributed by atoms with E-state index in [0.717, 1.165) is 30.9 Å². The van der Waals surface area contributed by atoms with Crippen molar-refractivity contribution in [3.8, 4) is 0 Å². The zero-order chi connectivity index (χ0) is 13.9. The summed E-state index contributed by atoms with van der Waals surface area (Å²) in [6.45, 7) is 0.972. The van der Waals surface area contributed by atoms with Crippen LogP contribution in [0.5, 0.6) is 0 Å². The molecule has 0 radical (unpaired) electrons. The second-order valence-corrected chi connectivity index (χ2v) is 5.89. The molecule has 0 spiro atoms. The molecule has 1 aromatic heterocycles. The fraction of sp³-hybridized carbons (Fsp3) is 0.308. The second-order valence-electron chi connectivity index (χ2n) is 4.93. The Morgan fingerprint density at radius 2 is 2.33 bits per heavy atom. The van der Waals surface area contributed by atoms with Crippen molar-refractivity contribution in [3.05, 3.63) is 34.4 Å². The van der Waals surface area contributed by atoms with Crippen LogP contribution < -0.4 is 34.7 Å². The first-order chi connectivity index (χ1) is 9.65. The van der Waals surface area contributed by atoms with Crippen molar-refractivity contribution in [2.45, 2.75) is 24.8 Å². The van der Waals surface area contributed by atoms with Gasteiger partial charge in [-0.25, -0.2) is 4.98 Å². The molecule has 1 unspecified atom stereocenters. The number of carbonyl (C=O) groups excluding carboxylic acids is 2. The van der Waals surface area contributed by atoms with E-state index >= 15 is 0 Å². The average Bonchev–Trinajstić information content (AvgIpc) is 3.07. The predicted molar refractivity (Wildman–Crippen MR) is 69.8 cm³/mol. The Labute approximate surface area is 147 Å². The Bertz CT molecular complexity index is 688. The van der Waals surface area contributed by atoms with Crippen molar-refractivity contribution >= 4 is 29.7 Å². The molecule has 1 saturated heterocycles. The molecule has 0 N–H and O–H groups in total. The van der Waals surface area contributed by atoms with E-state index in [-0.39, 0.29) is 46.5 Å². The fourth-order valence-electron chi connectivity index (χ4n) is 2.76. The molecule has 0 aromatic carbocycles. The van der Waals surface area contributed by atoms with E-state index in [9.17, 15) is 14.7 Å². The Morgan fingerprint density at radius 3 is 3.05 bits per heavy atom. The maximum Gasteiger partial charge on any atom is 1.00 e. The van der Waals surface area contributed by atoms with Gasteiger partial charge in [0.2, 0.25) is 0 Å². The van der Waals surface area contributed by atoms with Crippen molar-refractivity contribution in [1.29, 1.82) is 0 Å². The summed E-state index contributed by atoms with van der Waals surface area (Å²) >= 11 is 1.31. The molecule has 3 aliphatic rings. The summed E-state index contributed by atoms with van der Waals surface area (Å²) in [6.07, 6.45) is 5.78. The van der Waals surface area contributed by atoms with Crippen molar-refractivity contribution in [2.75, 3.05) is 0 Å². The molecule has 1 aromatic rings. The van der Waals surface area contributed by atoms with Crippen LogP contribution in [0.25, 0.3) is 6.08 Å². The summed E-state index contributed by atoms with van der Waals surface area (Å²) in [5, 5.41) is 12.1. The van der Waals surface area contributed by atoms with Crippen LogP contribution in [0.4, 0.5) is 0 Å². The smallest absolute Gasteiger partial charge is 0.543 e. The van der Waals surface area contributed by atoms with Crippen LogP contribution in [0.1, 0.15) is 17.9 Å². The summed E-state index contributed by atoms with van der Waals surface area (Å²) in [7, 11) is 0. The van der Waals surface area contributed by atoms with E-state index in [1.807, 2.05) is 6.20 Å². The molecule has 1 atom stereocenters. The average molecular weight is 311 g/mol. The SMILES string of the molecule is O=C([O-])C1=CSC2/C(=C/c3cn4c(n3)CCC4)C(=O)N12.[Na+]. The van der Waals surface area contributed by atoms with Crippen LogP contribution in [0.3, 0.4) is 0 Å². The zero-order valence-corrected chi connectivity index (χ0v) is 14.2. The number of fused-ring (bicyclic) bond motifs is 2. The number of imidazole rings is 1. The summed E-state index contributed by atoms with van der Waals surface area (Å²) in [6, 6.07) is 0. The standard InChI is InChI=1S/C13H11N3O3S.Na/c17-11-8(12-16(11)9(6-20-12)13(18)19)4-7-5-15-3-1-2-10(15)14-7;/h4-6,12H,1-3H2,(H,18,19);/q;+1/p-1/b8-4+;. The van der Waals surface area contributed by atoms with Gasteiger partial charge in [-0.05, 0) is 17.9 Å². The van der Waals surface area contributed by atoms with Gasteiger partial charge in [0.15, 0.2) is 0 Å². The van der Waals surface area contributed by atoms with Gasteiger partial charge in [-0.2, -0.15) is 0 Å². The number of thioether (sulfide) groups is 1. The molecule has 3 aliphatic heterocycles. The van der Waals surface area contributed by atoms with Crippen LogP contribution >= 0.6 is 11.8 Å². The number of carbonyl (C=O) groups is 2. The van der Waals surface area contributed by atoms with E-state index < -0.39 is 5.97 Å². The van der Waals surface area contributed by atoms with Crippen molar-refractivity contribution < 1.29 is 44.3 Å². The van der Waals surface area contributed by atoms with Gasteiger partial charge in [0.05, 0.1) is 22.9 Å². The number of nitrogens with zero attached hydrogens (tertiary/aromatic N) is 3. The molecule has 6 nitrogen and oxygen atoms in total. The third-order valence-corrected chi connectivity index (χ3v) is 4.81. The van der Waals surface area contributed by atoms with Crippen molar-refractivity contribution in [3.63, 3.8) is 0 Å². The number of hydrogen-bond donors (Lipinski definition) is 0. The Morgan fingerprint density at radius 1 is 1.52 bits per heavy atom. The van der Waals surface area contributed by atoms with Gasteiger partial charge in [0.25, 0.3) is 5.91 Å². The summed E-state index contributed by atoms with van der Waals surface area (Å²) in [5.41, 5.74) is 1.32. The molecule has 21 heavy (non-hydrogen) atoms. The minimum atomic E-state index is -1.31. The largest absolute Gasteiger partial charge is 1.00 e. The van der Waals surface area contributed by atoms with Crippen LogP contribution in [0, 0.1) is 0 Å². The number of aromatic nitrogens is 2. The number of β-lactam (4-membered cyclic amide) rings is 1. The summed E-state index contributed by atoms with van der Waals surface area (Å²) < 4.78 is 2.10. The van der Waals surface area contributed by atoms with Gasteiger partial charge in [-0.3, -0.25) is 9.69 Å². The predicted octanol–water partition coefficient (Wildman–Crippen LogP) is -3.28. The van der Waals surface area contributed by atoms with Gasteiger partial charge in [-0.1, -0.05) is 0 Å². The summed E-state index contributed by atoms with van der Waals surface area (Å²) in [4.78, 5) is 28.6. The number of amides is 1. The molecule has 102 valence electrons. The molecule has 4 heterocycles.